The minimum Gasteiger partial charge on any atom is -0.368 e. The maximum Gasteiger partial charge on any atom is 0.140 e. The fourth-order valence-electron chi connectivity index (χ4n) is 2.73. The van der Waals surface area contributed by atoms with Crippen LogP contribution in [-0.4, -0.2) is 36.1 Å². The van der Waals surface area contributed by atoms with E-state index < -0.39 is 0 Å². The molecule has 1 fully saturated rings. The Kier molecular flexibility index (Phi) is 4.18. The summed E-state index contributed by atoms with van der Waals surface area (Å²) in [6.45, 7) is 6.39. The van der Waals surface area contributed by atoms with E-state index in [9.17, 15) is 0 Å². The number of rotatable bonds is 3. The number of pyridine rings is 1. The Balaban J connectivity index is 1.61. The molecule has 0 saturated carbocycles. The van der Waals surface area contributed by atoms with Crippen LogP contribution in [0, 0.1) is 11.3 Å². The van der Waals surface area contributed by atoms with Crippen molar-refractivity contribution in [2.24, 2.45) is 0 Å². The molecule has 21 heavy (non-hydrogen) atoms. The van der Waals surface area contributed by atoms with Gasteiger partial charge in [-0.25, -0.2) is 4.98 Å². The molecule has 4 nitrogen and oxygen atoms in total. The highest BCUT2D eigenvalue weighted by Gasteiger charge is 2.22. The number of hydrogen-bond donors (Lipinski definition) is 0. The van der Waals surface area contributed by atoms with E-state index in [0.717, 1.165) is 31.9 Å². The molecule has 0 N–H and O–H groups in total. The predicted octanol–water partition coefficient (Wildman–Crippen LogP) is 2.90. The smallest absolute Gasteiger partial charge is 0.140 e. The van der Waals surface area contributed by atoms with Crippen LogP contribution < -0.4 is 4.90 Å². The summed E-state index contributed by atoms with van der Waals surface area (Å²) in [6.07, 6.45) is 1.80. The van der Waals surface area contributed by atoms with Crippen molar-refractivity contribution in [3.8, 4) is 6.07 Å². The van der Waals surface area contributed by atoms with Gasteiger partial charge in [0.25, 0.3) is 0 Å². The molecule has 0 spiro atoms. The van der Waals surface area contributed by atoms with E-state index in [0.29, 0.717) is 11.7 Å². The third-order valence-electron chi connectivity index (χ3n) is 4.12. The zero-order valence-electron chi connectivity index (χ0n) is 12.1. The number of nitriles is 1. The second-order valence-corrected chi connectivity index (χ2v) is 6.05. The number of nitrogens with zero attached hydrogens (tertiary/aromatic N) is 4. The molecule has 3 rings (SSSR count). The van der Waals surface area contributed by atoms with Gasteiger partial charge in [-0.2, -0.15) is 16.6 Å². The van der Waals surface area contributed by atoms with Gasteiger partial charge >= 0.3 is 0 Å². The van der Waals surface area contributed by atoms with E-state index in [1.807, 2.05) is 6.07 Å². The molecule has 1 aliphatic heterocycles. The van der Waals surface area contributed by atoms with E-state index in [4.69, 9.17) is 5.26 Å². The van der Waals surface area contributed by atoms with Gasteiger partial charge in [0.1, 0.15) is 11.8 Å². The number of piperazine rings is 1. The first-order chi connectivity index (χ1) is 10.3. The predicted molar refractivity (Wildman–Crippen MR) is 85.5 cm³/mol. The summed E-state index contributed by atoms with van der Waals surface area (Å²) in [7, 11) is 0. The average Bonchev–Trinajstić information content (AvgIpc) is 3.09. The molecule has 1 unspecified atom stereocenters. The molecule has 1 atom stereocenters. The van der Waals surface area contributed by atoms with Crippen molar-refractivity contribution in [2.75, 3.05) is 31.1 Å². The van der Waals surface area contributed by atoms with Gasteiger partial charge < -0.3 is 4.90 Å². The third-order valence-corrected chi connectivity index (χ3v) is 4.82. The van der Waals surface area contributed by atoms with Crippen LogP contribution in [0.1, 0.15) is 24.2 Å². The first kappa shape index (κ1) is 14.1. The van der Waals surface area contributed by atoms with Gasteiger partial charge in [0.05, 0.1) is 11.9 Å². The lowest BCUT2D eigenvalue weighted by molar-refractivity contribution is 0.199. The second kappa shape index (κ2) is 6.25. The van der Waals surface area contributed by atoms with E-state index >= 15 is 0 Å². The molecule has 1 aliphatic rings. The molecule has 2 aromatic rings. The Hall–Kier alpha value is -1.90. The Labute approximate surface area is 129 Å². The van der Waals surface area contributed by atoms with Crippen molar-refractivity contribution in [3.05, 3.63) is 46.4 Å². The number of aromatic nitrogens is 1. The molecule has 1 saturated heterocycles. The summed E-state index contributed by atoms with van der Waals surface area (Å²) in [5.74, 6) is 0. The number of anilines is 1. The van der Waals surface area contributed by atoms with Gasteiger partial charge in [0.2, 0.25) is 0 Å². The third kappa shape index (κ3) is 3.07. The average molecular weight is 298 g/mol. The van der Waals surface area contributed by atoms with E-state index in [1.165, 1.54) is 5.56 Å². The zero-order valence-corrected chi connectivity index (χ0v) is 12.9. The van der Waals surface area contributed by atoms with Crippen molar-refractivity contribution in [2.45, 2.75) is 13.0 Å². The Morgan fingerprint density at radius 3 is 2.62 bits per heavy atom. The summed E-state index contributed by atoms with van der Waals surface area (Å²) in [6, 6.07) is 8.53. The van der Waals surface area contributed by atoms with Crippen molar-refractivity contribution in [1.29, 1.82) is 5.26 Å². The lowest BCUT2D eigenvalue weighted by Gasteiger charge is -2.38. The first-order valence-corrected chi connectivity index (χ1v) is 8.09. The van der Waals surface area contributed by atoms with Crippen LogP contribution in [0.3, 0.4) is 0 Å². The summed E-state index contributed by atoms with van der Waals surface area (Å²) in [5, 5.41) is 13.2. The van der Waals surface area contributed by atoms with Gasteiger partial charge in [-0.1, -0.05) is 0 Å². The largest absolute Gasteiger partial charge is 0.368 e. The molecular weight excluding hydrogens is 280 g/mol. The molecule has 0 aromatic carbocycles. The molecule has 3 heterocycles. The second-order valence-electron chi connectivity index (χ2n) is 5.27. The molecule has 108 valence electrons. The van der Waals surface area contributed by atoms with Crippen LogP contribution in [0.4, 0.5) is 5.69 Å². The molecule has 0 radical (unpaired) electrons. The minimum atomic E-state index is 0.475. The summed E-state index contributed by atoms with van der Waals surface area (Å²) >= 11 is 1.76. The van der Waals surface area contributed by atoms with Crippen LogP contribution in [-0.2, 0) is 0 Å². The van der Waals surface area contributed by atoms with Crippen molar-refractivity contribution in [3.63, 3.8) is 0 Å². The van der Waals surface area contributed by atoms with Crippen LogP contribution in [0.2, 0.25) is 0 Å². The minimum absolute atomic E-state index is 0.475. The van der Waals surface area contributed by atoms with E-state index in [1.54, 1.807) is 23.6 Å². The summed E-state index contributed by atoms with van der Waals surface area (Å²) in [4.78, 5) is 9.01. The first-order valence-electron chi connectivity index (χ1n) is 7.15. The molecule has 0 aliphatic carbocycles. The normalized spacial score (nSPS) is 17.4. The Morgan fingerprint density at radius 1 is 1.24 bits per heavy atom. The fourth-order valence-corrected chi connectivity index (χ4v) is 3.48. The lowest BCUT2D eigenvalue weighted by atomic mass is 10.1. The quantitative estimate of drug-likeness (QED) is 0.874. The standard InChI is InChI=1S/C16H18N4S/c1-13(14-4-9-21-12-14)19-5-7-20(8-6-19)16-3-2-15(10-17)18-11-16/h2-4,9,11-13H,5-8H2,1H3. The highest BCUT2D eigenvalue weighted by Crippen LogP contribution is 2.25. The van der Waals surface area contributed by atoms with Crippen molar-refractivity contribution >= 4 is 17.0 Å². The maximum absolute atomic E-state index is 8.79. The highest BCUT2D eigenvalue weighted by molar-refractivity contribution is 7.07. The lowest BCUT2D eigenvalue weighted by Crippen LogP contribution is -2.47. The summed E-state index contributed by atoms with van der Waals surface area (Å²) < 4.78 is 0. The number of hydrogen-bond acceptors (Lipinski definition) is 5. The molecule has 0 amide bonds. The molecule has 0 bridgehead atoms. The zero-order chi connectivity index (χ0) is 14.7. The maximum atomic E-state index is 8.79. The van der Waals surface area contributed by atoms with Gasteiger partial charge in [-0.15, -0.1) is 0 Å². The molecule has 2 aromatic heterocycles. The molecular formula is C16H18N4S. The topological polar surface area (TPSA) is 43.2 Å². The Bertz CT molecular complexity index is 607. The van der Waals surface area contributed by atoms with Crippen LogP contribution in [0.5, 0.6) is 0 Å². The SMILES string of the molecule is CC(c1ccsc1)N1CCN(c2ccc(C#N)nc2)CC1. The van der Waals surface area contributed by atoms with Gasteiger partial charge in [-0.3, -0.25) is 4.90 Å². The van der Waals surface area contributed by atoms with Crippen molar-refractivity contribution < 1.29 is 0 Å². The van der Waals surface area contributed by atoms with Gasteiger partial charge in [0.15, 0.2) is 0 Å². The fraction of sp³-hybridized carbons (Fsp3) is 0.375. The van der Waals surface area contributed by atoms with Crippen LogP contribution in [0.15, 0.2) is 35.2 Å². The van der Waals surface area contributed by atoms with E-state index in [-0.39, 0.29) is 0 Å². The van der Waals surface area contributed by atoms with E-state index in [2.05, 4.69) is 44.6 Å². The van der Waals surface area contributed by atoms with Crippen LogP contribution in [0.25, 0.3) is 0 Å². The molecule has 5 heteroatoms. The highest BCUT2D eigenvalue weighted by atomic mass is 32.1. The monoisotopic (exact) mass is 298 g/mol. The summed E-state index contributed by atoms with van der Waals surface area (Å²) in [5.41, 5.74) is 2.99. The van der Waals surface area contributed by atoms with Gasteiger partial charge in [-0.05, 0) is 41.4 Å². The van der Waals surface area contributed by atoms with Crippen molar-refractivity contribution in [1.82, 2.24) is 9.88 Å². The number of thiophene rings is 1. The van der Waals surface area contributed by atoms with Crippen LogP contribution >= 0.6 is 11.3 Å². The van der Waals surface area contributed by atoms with Gasteiger partial charge in [0, 0.05) is 32.2 Å². The Morgan fingerprint density at radius 2 is 2.05 bits per heavy atom.